The van der Waals surface area contributed by atoms with Gasteiger partial charge >= 0.3 is 0 Å². The molecule has 0 aliphatic carbocycles. The van der Waals surface area contributed by atoms with Gasteiger partial charge in [-0.2, -0.15) is 0 Å². The zero-order valence-electron chi connectivity index (χ0n) is 24.0. The van der Waals surface area contributed by atoms with Gasteiger partial charge in [0.05, 0.1) is 79.9 Å². The minimum atomic E-state index is -1.50. The van der Waals surface area contributed by atoms with E-state index >= 15 is 0 Å². The van der Waals surface area contributed by atoms with Crippen LogP contribution in [-0.4, -0.2) is 71.8 Å². The maximum absolute atomic E-state index is 14.5. The van der Waals surface area contributed by atoms with Gasteiger partial charge in [0.2, 0.25) is 11.8 Å². The molecule has 1 aromatic heterocycles. The average Bonchev–Trinajstić information content (AvgIpc) is 3.50. The molecule has 220 valence electrons. The third kappa shape index (κ3) is 4.41. The van der Waals surface area contributed by atoms with E-state index in [-0.39, 0.29) is 18.4 Å². The summed E-state index contributed by atoms with van der Waals surface area (Å²) >= 11 is 1.73. The molecule has 2 bridgehead atoms. The van der Waals surface area contributed by atoms with Crippen LogP contribution < -0.4 is 4.90 Å². The van der Waals surface area contributed by atoms with E-state index in [0.29, 0.717) is 58.4 Å². The maximum atomic E-state index is 14.5. The zero-order valence-corrected chi connectivity index (χ0v) is 25.7. The monoisotopic (exact) mass is 599 g/mol. The lowest BCUT2D eigenvalue weighted by atomic mass is 9.64. The third-order valence-electron chi connectivity index (χ3n) is 9.32. The number of hydrogen-bond donors (Lipinski definition) is 0. The van der Waals surface area contributed by atoms with Crippen LogP contribution in [0.4, 0.5) is 5.69 Å². The summed E-state index contributed by atoms with van der Waals surface area (Å²) in [6.45, 7) is 11.4. The van der Waals surface area contributed by atoms with Crippen molar-refractivity contribution in [2.45, 2.75) is 50.2 Å². The van der Waals surface area contributed by atoms with Gasteiger partial charge in [-0.25, -0.2) is 4.90 Å². The first-order chi connectivity index (χ1) is 19.7. The first-order valence-corrected chi connectivity index (χ1v) is 16.2. The molecule has 2 fully saturated rings. The van der Waals surface area contributed by atoms with Crippen molar-refractivity contribution in [3.63, 3.8) is 0 Å². The Morgan fingerprint density at radius 3 is 1.88 bits per heavy atom. The van der Waals surface area contributed by atoms with Crippen molar-refractivity contribution in [3.05, 3.63) is 62.4 Å². The van der Waals surface area contributed by atoms with Crippen LogP contribution in [0, 0.1) is 25.7 Å². The van der Waals surface area contributed by atoms with E-state index in [4.69, 9.17) is 18.9 Å². The van der Waals surface area contributed by atoms with Gasteiger partial charge in [-0.1, -0.05) is 18.2 Å². The van der Waals surface area contributed by atoms with Crippen molar-refractivity contribution in [1.82, 2.24) is 0 Å². The predicted octanol–water partition coefficient (Wildman–Crippen LogP) is 3.88. The second-order valence-electron chi connectivity index (χ2n) is 11.4. The summed E-state index contributed by atoms with van der Waals surface area (Å²) in [6.07, 6.45) is 0.536. The average molecular weight is 600 g/mol. The van der Waals surface area contributed by atoms with Gasteiger partial charge in [-0.15, -0.1) is 11.3 Å². The van der Waals surface area contributed by atoms with Gasteiger partial charge in [-0.3, -0.25) is 13.8 Å². The van der Waals surface area contributed by atoms with E-state index in [9.17, 15) is 13.8 Å². The van der Waals surface area contributed by atoms with Crippen molar-refractivity contribution < 1.29 is 32.7 Å². The summed E-state index contributed by atoms with van der Waals surface area (Å²) in [6, 6.07) is 9.06. The highest BCUT2D eigenvalue weighted by atomic mass is 32.2. The SMILES string of the molecule is Cc1sc(C)c2c1COCCOCCOCCOCC1=C(C2)[C@]2(C)C3C(=O)N(c4ccccc4)C(=O)C3[C@@]1(C)S2=O. The van der Waals surface area contributed by atoms with Crippen molar-refractivity contribution in [3.8, 4) is 0 Å². The van der Waals surface area contributed by atoms with Crippen LogP contribution in [0.1, 0.15) is 34.7 Å². The molecule has 41 heavy (non-hydrogen) atoms. The Balaban J connectivity index is 1.44. The number of carbonyl (C=O) groups excluding carboxylic acids is 2. The summed E-state index contributed by atoms with van der Waals surface area (Å²) < 4.78 is 36.0. The summed E-state index contributed by atoms with van der Waals surface area (Å²) in [5.41, 5.74) is 4.69. The molecule has 6 rings (SSSR count). The topological polar surface area (TPSA) is 91.4 Å². The number of imide groups is 1. The molecular formula is C31H37NO7S2. The zero-order chi connectivity index (χ0) is 28.9. The number of hydrogen-bond acceptors (Lipinski definition) is 8. The molecule has 4 aliphatic heterocycles. The van der Waals surface area contributed by atoms with Crippen molar-refractivity contribution in [2.24, 2.45) is 11.8 Å². The Bertz CT molecular complexity index is 1420. The standard InChI is InChI=1S/C31H37NO7S2/c1-19-22-16-24-25(18-39-15-13-37-11-10-36-12-14-38-17-23(22)20(2)40-19)31(4)27-26(30(24,3)41(31)35)28(33)32(29(27)34)21-8-6-5-7-9-21/h5-9,26-27H,10-18H2,1-4H3/t26?,27?,30-,31+,41?/m1/s1. The highest BCUT2D eigenvalue weighted by Crippen LogP contribution is 2.66. The summed E-state index contributed by atoms with van der Waals surface area (Å²) in [5.74, 6) is -1.95. The Morgan fingerprint density at radius 1 is 0.756 bits per heavy atom. The van der Waals surface area contributed by atoms with Gasteiger partial charge in [0.1, 0.15) is 0 Å². The van der Waals surface area contributed by atoms with E-state index < -0.39 is 32.1 Å². The number of para-hydroxylation sites is 1. The van der Waals surface area contributed by atoms with E-state index in [1.807, 2.05) is 32.0 Å². The first kappa shape index (κ1) is 28.9. The van der Waals surface area contributed by atoms with Crippen LogP contribution in [0.5, 0.6) is 0 Å². The van der Waals surface area contributed by atoms with E-state index in [1.54, 1.807) is 23.5 Å². The van der Waals surface area contributed by atoms with E-state index in [0.717, 1.165) is 22.3 Å². The smallest absolute Gasteiger partial charge is 0.239 e. The molecule has 8 nitrogen and oxygen atoms in total. The molecule has 0 radical (unpaired) electrons. The normalized spacial score (nSPS) is 33.1. The molecule has 5 heterocycles. The Labute approximate surface area is 247 Å². The van der Waals surface area contributed by atoms with Gasteiger partial charge in [-0.05, 0) is 68.5 Å². The number of aryl methyl sites for hydroxylation is 2. The minimum Gasteiger partial charge on any atom is -0.377 e. The second-order valence-corrected chi connectivity index (χ2v) is 15.1. The molecule has 2 aromatic rings. The summed E-state index contributed by atoms with van der Waals surface area (Å²) in [5, 5.41) is 0. The number of carbonyl (C=O) groups is 2. The third-order valence-corrected chi connectivity index (χ3v) is 13.0. The number of anilines is 1. The molecule has 10 heteroatoms. The number of amides is 2. The largest absolute Gasteiger partial charge is 0.377 e. The molecule has 5 atom stereocenters. The fourth-order valence-corrected chi connectivity index (χ4v) is 11.0. The first-order valence-electron chi connectivity index (χ1n) is 14.2. The quantitative estimate of drug-likeness (QED) is 0.363. The maximum Gasteiger partial charge on any atom is 0.239 e. The van der Waals surface area contributed by atoms with Gasteiger partial charge in [0, 0.05) is 20.6 Å². The molecule has 0 N–H and O–H groups in total. The summed E-state index contributed by atoms with van der Waals surface area (Å²) in [4.78, 5) is 31.8. The predicted molar refractivity (Wildman–Crippen MR) is 158 cm³/mol. The number of nitrogens with zero attached hydrogens (tertiary/aromatic N) is 1. The second kappa shape index (κ2) is 11.1. The fraction of sp³-hybridized carbons (Fsp3) is 0.548. The molecule has 2 amide bonds. The van der Waals surface area contributed by atoms with Crippen molar-refractivity contribution in [1.29, 1.82) is 0 Å². The highest BCUT2D eigenvalue weighted by Gasteiger charge is 2.78. The van der Waals surface area contributed by atoms with E-state index in [1.165, 1.54) is 14.7 Å². The van der Waals surface area contributed by atoms with Crippen LogP contribution in [0.2, 0.25) is 0 Å². The highest BCUT2D eigenvalue weighted by molar-refractivity contribution is 7.89. The lowest BCUT2D eigenvalue weighted by Gasteiger charge is -2.35. The minimum absolute atomic E-state index is 0.233. The summed E-state index contributed by atoms with van der Waals surface area (Å²) in [7, 11) is -1.50. The number of ether oxygens (including phenoxy) is 4. The number of benzene rings is 1. The molecule has 3 unspecified atom stereocenters. The lowest BCUT2D eigenvalue weighted by molar-refractivity contribution is -0.122. The lowest BCUT2D eigenvalue weighted by Crippen LogP contribution is -2.44. The molecular weight excluding hydrogens is 562 g/mol. The van der Waals surface area contributed by atoms with Crippen LogP contribution >= 0.6 is 11.3 Å². The van der Waals surface area contributed by atoms with E-state index in [2.05, 4.69) is 13.8 Å². The van der Waals surface area contributed by atoms with Crippen molar-refractivity contribution >= 4 is 39.6 Å². The van der Waals surface area contributed by atoms with Crippen LogP contribution in [0.15, 0.2) is 41.5 Å². The van der Waals surface area contributed by atoms with Crippen LogP contribution in [0.25, 0.3) is 0 Å². The van der Waals surface area contributed by atoms with Gasteiger partial charge in [0.25, 0.3) is 0 Å². The number of fused-ring (bicyclic) bond motifs is 8. The molecule has 0 spiro atoms. The Kier molecular flexibility index (Phi) is 7.84. The molecule has 4 aliphatic rings. The molecule has 2 saturated heterocycles. The molecule has 1 aromatic carbocycles. The molecule has 0 saturated carbocycles. The van der Waals surface area contributed by atoms with Gasteiger partial charge in [0.15, 0.2) is 0 Å². The fourth-order valence-electron chi connectivity index (χ4n) is 7.27. The van der Waals surface area contributed by atoms with Crippen LogP contribution in [0.3, 0.4) is 0 Å². The Morgan fingerprint density at radius 2 is 1.27 bits per heavy atom. The van der Waals surface area contributed by atoms with Crippen molar-refractivity contribution in [2.75, 3.05) is 51.1 Å². The number of rotatable bonds is 1. The van der Waals surface area contributed by atoms with Gasteiger partial charge < -0.3 is 18.9 Å². The van der Waals surface area contributed by atoms with Crippen LogP contribution in [-0.2, 0) is 52.4 Å². The Hall–Kier alpha value is -2.21. The number of thiophene rings is 1.